The van der Waals surface area contributed by atoms with E-state index in [0.717, 1.165) is 0 Å². The number of ether oxygens (including phenoxy) is 1. The van der Waals surface area contributed by atoms with Crippen molar-refractivity contribution < 1.29 is 14.5 Å². The van der Waals surface area contributed by atoms with Crippen molar-refractivity contribution in [1.29, 1.82) is 0 Å². The molecule has 0 bridgehead atoms. The van der Waals surface area contributed by atoms with Crippen LogP contribution in [0.1, 0.15) is 17.5 Å². The van der Waals surface area contributed by atoms with Crippen molar-refractivity contribution in [3.8, 4) is 11.5 Å². The molecular weight excluding hydrogens is 410 g/mol. The van der Waals surface area contributed by atoms with Crippen molar-refractivity contribution in [3.05, 3.63) is 88.7 Å². The van der Waals surface area contributed by atoms with Gasteiger partial charge in [0.25, 0.3) is 11.6 Å². The summed E-state index contributed by atoms with van der Waals surface area (Å²) in [5.41, 5.74) is 0.802. The van der Waals surface area contributed by atoms with Gasteiger partial charge in [-0.2, -0.15) is 0 Å². The van der Waals surface area contributed by atoms with E-state index in [9.17, 15) is 14.9 Å². The first kappa shape index (κ1) is 20.7. The number of benzene rings is 3. The van der Waals surface area contributed by atoms with Crippen LogP contribution in [0.3, 0.4) is 0 Å². The van der Waals surface area contributed by atoms with Crippen LogP contribution in [0, 0.1) is 10.1 Å². The van der Waals surface area contributed by atoms with Gasteiger partial charge in [-0.15, -0.1) is 0 Å². The van der Waals surface area contributed by atoms with Gasteiger partial charge in [0.15, 0.2) is 0 Å². The van der Waals surface area contributed by atoms with Crippen LogP contribution >= 0.6 is 0 Å². The van der Waals surface area contributed by atoms with Crippen molar-refractivity contribution in [2.75, 3.05) is 11.9 Å². The highest BCUT2D eigenvalue weighted by Gasteiger charge is 2.16. The molecule has 1 amide bonds. The molecule has 0 spiro atoms. The maximum Gasteiger partial charge on any atom is 0.289 e. The smallest absolute Gasteiger partial charge is 0.289 e. The van der Waals surface area contributed by atoms with Crippen LogP contribution < -0.4 is 15.4 Å². The third-order valence-electron chi connectivity index (χ3n) is 4.49. The van der Waals surface area contributed by atoms with Crippen LogP contribution in [0.25, 0.3) is 10.9 Å². The molecule has 0 unspecified atom stereocenters. The lowest BCUT2D eigenvalue weighted by Crippen LogP contribution is -2.25. The Morgan fingerprint density at radius 2 is 1.75 bits per heavy atom. The van der Waals surface area contributed by atoms with Crippen LogP contribution in [-0.4, -0.2) is 27.3 Å². The van der Waals surface area contributed by atoms with Gasteiger partial charge >= 0.3 is 0 Å². The zero-order valence-electron chi connectivity index (χ0n) is 17.1. The van der Waals surface area contributed by atoms with Gasteiger partial charge in [-0.25, -0.2) is 9.97 Å². The van der Waals surface area contributed by atoms with Gasteiger partial charge in [0.05, 0.1) is 22.2 Å². The van der Waals surface area contributed by atoms with Crippen molar-refractivity contribution in [2.45, 2.75) is 6.92 Å². The zero-order chi connectivity index (χ0) is 22.5. The van der Waals surface area contributed by atoms with Crippen molar-refractivity contribution in [2.24, 2.45) is 0 Å². The number of hydrogen-bond donors (Lipinski definition) is 2. The largest absolute Gasteiger partial charge is 0.457 e. The minimum absolute atomic E-state index is 0.000704. The van der Waals surface area contributed by atoms with Crippen LogP contribution in [-0.2, 0) is 0 Å². The Morgan fingerprint density at radius 3 is 2.50 bits per heavy atom. The molecule has 2 N–H and O–H groups in total. The summed E-state index contributed by atoms with van der Waals surface area (Å²) in [6, 6.07) is 20.5. The van der Waals surface area contributed by atoms with Crippen LogP contribution in [0.4, 0.5) is 17.2 Å². The summed E-state index contributed by atoms with van der Waals surface area (Å²) in [4.78, 5) is 32.0. The van der Waals surface area contributed by atoms with Crippen molar-refractivity contribution in [1.82, 2.24) is 15.3 Å². The molecule has 4 aromatic rings. The maximum absolute atomic E-state index is 12.3. The number of nitrogens with one attached hydrogen (secondary N) is 2. The molecule has 32 heavy (non-hydrogen) atoms. The Labute approximate surface area is 183 Å². The molecule has 160 valence electrons. The molecule has 9 nitrogen and oxygen atoms in total. The Kier molecular flexibility index (Phi) is 5.89. The maximum atomic E-state index is 12.3. The summed E-state index contributed by atoms with van der Waals surface area (Å²) in [6.07, 6.45) is 0. The number of nitro groups is 1. The number of anilines is 2. The van der Waals surface area contributed by atoms with E-state index in [0.29, 0.717) is 34.7 Å². The third kappa shape index (κ3) is 4.62. The standard InChI is InChI=1S/C23H19N5O4/c1-2-24-23(29)22-26-20-11-7-6-10-19(20)21(27-22)25-15-12-16(28(30)31)14-18(13-15)32-17-8-4-3-5-9-17/h3-14H,2H2,1H3,(H,24,29)(H,25,26,27). The molecule has 0 atom stereocenters. The topological polar surface area (TPSA) is 119 Å². The van der Waals surface area contributed by atoms with E-state index < -0.39 is 10.8 Å². The van der Waals surface area contributed by atoms with Crippen molar-refractivity contribution in [3.63, 3.8) is 0 Å². The number of nitrogens with zero attached hydrogens (tertiary/aromatic N) is 3. The predicted molar refractivity (Wildman–Crippen MR) is 120 cm³/mol. The predicted octanol–water partition coefficient (Wildman–Crippen LogP) is 4.82. The quantitative estimate of drug-likeness (QED) is 0.319. The molecule has 0 aliphatic heterocycles. The van der Waals surface area contributed by atoms with E-state index in [1.54, 1.807) is 43.3 Å². The van der Waals surface area contributed by atoms with E-state index in [1.807, 2.05) is 24.3 Å². The van der Waals surface area contributed by atoms with E-state index >= 15 is 0 Å². The average molecular weight is 429 g/mol. The van der Waals surface area contributed by atoms with E-state index in [4.69, 9.17) is 4.74 Å². The highest BCUT2D eigenvalue weighted by atomic mass is 16.6. The second-order valence-corrected chi connectivity index (χ2v) is 6.79. The Morgan fingerprint density at radius 1 is 1.00 bits per heavy atom. The lowest BCUT2D eigenvalue weighted by Gasteiger charge is -2.12. The number of amides is 1. The number of carbonyl (C=O) groups is 1. The fourth-order valence-corrected chi connectivity index (χ4v) is 3.09. The molecule has 1 heterocycles. The van der Waals surface area contributed by atoms with Crippen LogP contribution in [0.2, 0.25) is 0 Å². The molecule has 0 saturated heterocycles. The molecule has 4 rings (SSSR count). The number of carbonyl (C=O) groups excluding carboxylic acids is 1. The lowest BCUT2D eigenvalue weighted by atomic mass is 10.2. The molecule has 9 heteroatoms. The molecule has 0 saturated carbocycles. The monoisotopic (exact) mass is 429 g/mol. The highest BCUT2D eigenvalue weighted by molar-refractivity contribution is 5.97. The molecule has 3 aromatic carbocycles. The van der Waals surface area contributed by atoms with Gasteiger partial charge in [0.2, 0.25) is 5.82 Å². The molecule has 0 aliphatic carbocycles. The van der Waals surface area contributed by atoms with E-state index in [-0.39, 0.29) is 17.3 Å². The summed E-state index contributed by atoms with van der Waals surface area (Å²) < 4.78 is 5.79. The van der Waals surface area contributed by atoms with E-state index in [1.165, 1.54) is 12.1 Å². The molecule has 1 aromatic heterocycles. The summed E-state index contributed by atoms with van der Waals surface area (Å²) in [5, 5.41) is 17.9. The van der Waals surface area contributed by atoms with Gasteiger partial charge in [-0.05, 0) is 31.2 Å². The summed E-state index contributed by atoms with van der Waals surface area (Å²) in [7, 11) is 0. The second-order valence-electron chi connectivity index (χ2n) is 6.79. The Hall–Kier alpha value is -4.53. The van der Waals surface area contributed by atoms with E-state index in [2.05, 4.69) is 20.6 Å². The Bertz CT molecular complexity index is 1290. The van der Waals surface area contributed by atoms with Gasteiger partial charge in [0.1, 0.15) is 17.3 Å². The van der Waals surface area contributed by atoms with Gasteiger partial charge in [0, 0.05) is 24.1 Å². The third-order valence-corrected chi connectivity index (χ3v) is 4.49. The first-order chi connectivity index (χ1) is 15.5. The first-order valence-corrected chi connectivity index (χ1v) is 9.88. The molecule has 0 radical (unpaired) electrons. The highest BCUT2D eigenvalue weighted by Crippen LogP contribution is 2.32. The number of fused-ring (bicyclic) bond motifs is 1. The molecular formula is C23H19N5O4. The fourth-order valence-electron chi connectivity index (χ4n) is 3.09. The minimum atomic E-state index is -0.499. The van der Waals surface area contributed by atoms with Crippen LogP contribution in [0.5, 0.6) is 11.5 Å². The SMILES string of the molecule is CCNC(=O)c1nc(Nc2cc(Oc3ccccc3)cc([N+](=O)[O-])c2)c2ccccc2n1. The van der Waals surface area contributed by atoms with Crippen LogP contribution in [0.15, 0.2) is 72.8 Å². The van der Waals surface area contributed by atoms with Gasteiger partial charge < -0.3 is 15.4 Å². The average Bonchev–Trinajstić information content (AvgIpc) is 2.79. The number of nitro benzene ring substituents is 1. The number of para-hydroxylation sites is 2. The first-order valence-electron chi connectivity index (χ1n) is 9.88. The fraction of sp³-hybridized carbons (Fsp3) is 0.0870. The normalized spacial score (nSPS) is 10.5. The number of aromatic nitrogens is 2. The number of hydrogen-bond acceptors (Lipinski definition) is 7. The summed E-state index contributed by atoms with van der Waals surface area (Å²) in [5.74, 6) is 0.774. The summed E-state index contributed by atoms with van der Waals surface area (Å²) >= 11 is 0. The van der Waals surface area contributed by atoms with Gasteiger partial charge in [-0.1, -0.05) is 30.3 Å². The molecule has 0 aliphatic rings. The summed E-state index contributed by atoms with van der Waals surface area (Å²) in [6.45, 7) is 2.23. The second kappa shape index (κ2) is 9.09. The Balaban J connectivity index is 1.76. The molecule has 0 fully saturated rings. The number of rotatable bonds is 7. The van der Waals surface area contributed by atoms with Crippen molar-refractivity contribution >= 4 is 34.0 Å². The number of non-ortho nitro benzene ring substituents is 1. The lowest BCUT2D eigenvalue weighted by molar-refractivity contribution is -0.384. The zero-order valence-corrected chi connectivity index (χ0v) is 17.1. The minimum Gasteiger partial charge on any atom is -0.457 e. The van der Waals surface area contributed by atoms with Gasteiger partial charge in [-0.3, -0.25) is 14.9 Å².